The Morgan fingerprint density at radius 1 is 1.42 bits per heavy atom. The zero-order valence-electron chi connectivity index (χ0n) is 12.8. The van der Waals surface area contributed by atoms with Crippen molar-refractivity contribution >= 4 is 11.9 Å². The molecule has 0 aromatic heterocycles. The number of allylic oxidation sites excluding steroid dienone is 1. The van der Waals surface area contributed by atoms with Gasteiger partial charge in [-0.05, 0) is 33.1 Å². The summed E-state index contributed by atoms with van der Waals surface area (Å²) in [4.78, 5) is 25.9. The number of hydrogen-bond acceptors (Lipinski definition) is 3. The van der Waals surface area contributed by atoms with Gasteiger partial charge >= 0.3 is 6.09 Å². The number of carbonyl (C=O) groups excluding carboxylic acids is 2. The minimum Gasteiger partial charge on any atom is -0.443 e. The molecule has 4 nitrogen and oxygen atoms in total. The Balaban J connectivity index is 2.99. The fraction of sp³-hybridized carbons (Fsp3) is 0.733. The molecule has 19 heavy (non-hydrogen) atoms. The van der Waals surface area contributed by atoms with Crippen LogP contribution in [0.15, 0.2) is 11.8 Å². The van der Waals surface area contributed by atoms with Crippen LogP contribution >= 0.6 is 0 Å². The highest BCUT2D eigenvalue weighted by molar-refractivity contribution is 6.00. The summed E-state index contributed by atoms with van der Waals surface area (Å²) in [6.07, 6.45) is 2.78. The SMILES string of the molecule is CCCC1=CC(=O)C(C(C)C)N1C(=O)OC(C)(C)C. The van der Waals surface area contributed by atoms with Gasteiger partial charge in [0.1, 0.15) is 11.6 Å². The highest BCUT2D eigenvalue weighted by atomic mass is 16.6. The number of carbonyl (C=O) groups is 2. The molecule has 0 fully saturated rings. The smallest absolute Gasteiger partial charge is 0.415 e. The zero-order chi connectivity index (χ0) is 14.8. The van der Waals surface area contributed by atoms with E-state index in [0.717, 1.165) is 12.1 Å². The van der Waals surface area contributed by atoms with E-state index in [9.17, 15) is 9.59 Å². The standard InChI is InChI=1S/C15H25NO3/c1-7-8-11-9-12(17)13(10(2)3)16(11)14(18)19-15(4,5)6/h9-10,13H,7-8H2,1-6H3. The summed E-state index contributed by atoms with van der Waals surface area (Å²) in [5.74, 6) is 0.0786. The Morgan fingerprint density at radius 3 is 2.42 bits per heavy atom. The first kappa shape index (κ1) is 15.7. The summed E-state index contributed by atoms with van der Waals surface area (Å²) in [5, 5.41) is 0. The maximum absolute atomic E-state index is 12.3. The summed E-state index contributed by atoms with van der Waals surface area (Å²) in [6.45, 7) is 11.4. The van der Waals surface area contributed by atoms with Gasteiger partial charge in [-0.3, -0.25) is 9.69 Å². The molecule has 0 bridgehead atoms. The average molecular weight is 267 g/mol. The molecule has 1 atom stereocenters. The first-order chi connectivity index (χ1) is 8.67. The van der Waals surface area contributed by atoms with Crippen LogP contribution in [0.4, 0.5) is 4.79 Å². The van der Waals surface area contributed by atoms with Crippen molar-refractivity contribution in [2.75, 3.05) is 0 Å². The minimum absolute atomic E-state index is 0.00399. The molecule has 1 rings (SSSR count). The summed E-state index contributed by atoms with van der Waals surface area (Å²) in [7, 11) is 0. The van der Waals surface area contributed by atoms with Gasteiger partial charge in [-0.25, -0.2) is 4.79 Å². The maximum atomic E-state index is 12.3. The van der Waals surface area contributed by atoms with Gasteiger partial charge in [0, 0.05) is 11.8 Å². The molecule has 0 radical (unpaired) electrons. The lowest BCUT2D eigenvalue weighted by molar-refractivity contribution is -0.118. The Morgan fingerprint density at radius 2 is 2.00 bits per heavy atom. The Kier molecular flexibility index (Phi) is 4.77. The molecule has 1 unspecified atom stereocenters. The highest BCUT2D eigenvalue weighted by Gasteiger charge is 2.40. The van der Waals surface area contributed by atoms with Crippen LogP contribution < -0.4 is 0 Å². The van der Waals surface area contributed by atoms with Crippen LogP contribution in [0.5, 0.6) is 0 Å². The van der Waals surface area contributed by atoms with Crippen molar-refractivity contribution < 1.29 is 14.3 Å². The van der Waals surface area contributed by atoms with Crippen molar-refractivity contribution in [2.45, 2.75) is 66.0 Å². The van der Waals surface area contributed by atoms with Gasteiger partial charge in [0.2, 0.25) is 0 Å². The van der Waals surface area contributed by atoms with E-state index in [2.05, 4.69) is 0 Å². The lowest BCUT2D eigenvalue weighted by atomic mass is 10.0. The van der Waals surface area contributed by atoms with E-state index >= 15 is 0 Å². The van der Waals surface area contributed by atoms with Crippen LogP contribution in [0.3, 0.4) is 0 Å². The molecule has 0 spiro atoms. The minimum atomic E-state index is -0.554. The molecule has 0 saturated heterocycles. The molecule has 108 valence electrons. The van der Waals surface area contributed by atoms with Gasteiger partial charge in [0.15, 0.2) is 5.78 Å². The average Bonchev–Trinajstić information content (AvgIpc) is 2.53. The largest absolute Gasteiger partial charge is 0.443 e. The van der Waals surface area contributed by atoms with Crippen LogP contribution in [0.1, 0.15) is 54.4 Å². The molecule has 0 aliphatic carbocycles. The van der Waals surface area contributed by atoms with Crippen LogP contribution in [0, 0.1) is 5.92 Å². The lowest BCUT2D eigenvalue weighted by Gasteiger charge is -2.31. The van der Waals surface area contributed by atoms with Crippen molar-refractivity contribution in [3.05, 3.63) is 11.8 Å². The van der Waals surface area contributed by atoms with E-state index in [1.54, 1.807) is 11.0 Å². The van der Waals surface area contributed by atoms with Crippen molar-refractivity contribution in [3.63, 3.8) is 0 Å². The fourth-order valence-electron chi connectivity index (χ4n) is 2.24. The number of ether oxygens (including phenoxy) is 1. The van der Waals surface area contributed by atoms with Crippen molar-refractivity contribution in [3.8, 4) is 0 Å². The van der Waals surface area contributed by atoms with Crippen LogP contribution in [-0.4, -0.2) is 28.4 Å². The van der Waals surface area contributed by atoms with Gasteiger partial charge in [-0.2, -0.15) is 0 Å². The molecule has 1 heterocycles. The lowest BCUT2D eigenvalue weighted by Crippen LogP contribution is -2.44. The fourth-order valence-corrected chi connectivity index (χ4v) is 2.24. The van der Waals surface area contributed by atoms with Crippen LogP contribution in [0.25, 0.3) is 0 Å². The number of hydrogen-bond donors (Lipinski definition) is 0. The van der Waals surface area contributed by atoms with Crippen LogP contribution in [0.2, 0.25) is 0 Å². The summed E-state index contributed by atoms with van der Waals surface area (Å²) in [5.41, 5.74) is 0.224. The third-order valence-corrected chi connectivity index (χ3v) is 2.92. The van der Waals surface area contributed by atoms with E-state index in [1.165, 1.54) is 0 Å². The highest BCUT2D eigenvalue weighted by Crippen LogP contribution is 2.29. The second-order valence-electron chi connectivity index (χ2n) is 6.33. The number of amides is 1. The van der Waals surface area contributed by atoms with Gasteiger partial charge < -0.3 is 4.74 Å². The Hall–Kier alpha value is -1.32. The molecule has 1 amide bonds. The quantitative estimate of drug-likeness (QED) is 0.786. The Labute approximate surface area is 115 Å². The Bertz CT molecular complexity index is 391. The molecule has 0 N–H and O–H groups in total. The molecule has 0 aromatic rings. The van der Waals surface area contributed by atoms with E-state index in [4.69, 9.17) is 4.74 Å². The van der Waals surface area contributed by atoms with Crippen molar-refractivity contribution in [2.24, 2.45) is 5.92 Å². The van der Waals surface area contributed by atoms with E-state index < -0.39 is 17.7 Å². The third kappa shape index (κ3) is 3.82. The molecule has 1 aliphatic heterocycles. The number of rotatable bonds is 3. The summed E-state index contributed by atoms with van der Waals surface area (Å²) >= 11 is 0. The molecule has 4 heteroatoms. The molecular formula is C15H25NO3. The second-order valence-corrected chi connectivity index (χ2v) is 6.33. The van der Waals surface area contributed by atoms with Gasteiger partial charge in [0.05, 0.1) is 0 Å². The third-order valence-electron chi connectivity index (χ3n) is 2.92. The van der Waals surface area contributed by atoms with Gasteiger partial charge in [-0.1, -0.05) is 27.2 Å². The van der Waals surface area contributed by atoms with Crippen molar-refractivity contribution in [1.29, 1.82) is 0 Å². The molecule has 0 aromatic carbocycles. The topological polar surface area (TPSA) is 46.6 Å². The van der Waals surface area contributed by atoms with E-state index in [0.29, 0.717) is 6.42 Å². The molecule has 1 aliphatic rings. The monoisotopic (exact) mass is 267 g/mol. The summed E-state index contributed by atoms with van der Waals surface area (Å²) in [6, 6.07) is -0.420. The van der Waals surface area contributed by atoms with E-state index in [1.807, 2.05) is 41.5 Å². The van der Waals surface area contributed by atoms with Crippen LogP contribution in [-0.2, 0) is 9.53 Å². The number of ketones is 1. The number of nitrogens with zero attached hydrogens (tertiary/aromatic N) is 1. The summed E-state index contributed by atoms with van der Waals surface area (Å²) < 4.78 is 5.42. The molecule has 0 saturated carbocycles. The first-order valence-electron chi connectivity index (χ1n) is 6.94. The molecular weight excluding hydrogens is 242 g/mol. The van der Waals surface area contributed by atoms with Crippen molar-refractivity contribution in [1.82, 2.24) is 4.90 Å². The predicted octanol–water partition coefficient (Wildman–Crippen LogP) is 3.51. The first-order valence-corrected chi connectivity index (χ1v) is 6.94. The second kappa shape index (κ2) is 5.76. The zero-order valence-corrected chi connectivity index (χ0v) is 12.8. The van der Waals surface area contributed by atoms with Gasteiger partial charge in [0.25, 0.3) is 0 Å². The van der Waals surface area contributed by atoms with Gasteiger partial charge in [-0.15, -0.1) is 0 Å². The maximum Gasteiger partial charge on any atom is 0.415 e. The predicted molar refractivity (Wildman–Crippen MR) is 74.7 cm³/mol. The normalized spacial score (nSPS) is 19.9. The van der Waals surface area contributed by atoms with E-state index in [-0.39, 0.29) is 11.7 Å².